The number of thioether (sulfide) groups is 1. The van der Waals surface area contributed by atoms with Crippen LogP contribution in [0.3, 0.4) is 0 Å². The smallest absolute Gasteiger partial charge is 0.324 e. The Labute approximate surface area is 103 Å². The zero-order valence-corrected chi connectivity index (χ0v) is 11.1. The molecule has 0 aliphatic heterocycles. The third-order valence-electron chi connectivity index (χ3n) is 1.90. The Kier molecular flexibility index (Phi) is 4.69. The van der Waals surface area contributed by atoms with Crippen LogP contribution in [0.4, 0.5) is 0 Å². The molecule has 1 aromatic heterocycles. The number of rotatable bonds is 6. The fourth-order valence-corrected chi connectivity index (χ4v) is 2.81. The average Bonchev–Trinajstić information content (AvgIpc) is 2.65. The summed E-state index contributed by atoms with van der Waals surface area (Å²) < 4.78 is 0.790. The second kappa shape index (κ2) is 5.60. The molecule has 0 fully saturated rings. The van der Waals surface area contributed by atoms with Crippen molar-refractivity contribution in [3.8, 4) is 0 Å². The molecule has 0 saturated carbocycles. The van der Waals surface area contributed by atoms with E-state index >= 15 is 0 Å². The Morgan fingerprint density at radius 1 is 1.75 bits per heavy atom. The summed E-state index contributed by atoms with van der Waals surface area (Å²) in [5.41, 5.74) is 0.695. The fourth-order valence-electron chi connectivity index (χ4n) is 1.23. The number of aromatic nitrogens is 2. The minimum atomic E-state index is -0.940. The first kappa shape index (κ1) is 13.4. The molecule has 1 unspecified atom stereocenters. The maximum atomic E-state index is 11.2. The average molecular weight is 261 g/mol. The van der Waals surface area contributed by atoms with Gasteiger partial charge in [-0.05, 0) is 20.8 Å². The fraction of sp³-hybridized carbons (Fsp3) is 0.667. The van der Waals surface area contributed by atoms with Crippen LogP contribution < -0.4 is 5.32 Å². The highest BCUT2D eigenvalue weighted by atomic mass is 32.2. The van der Waals surface area contributed by atoms with Gasteiger partial charge in [-0.1, -0.05) is 23.1 Å². The molecule has 1 rings (SSSR count). The van der Waals surface area contributed by atoms with Crippen LogP contribution in [0.5, 0.6) is 0 Å². The molecule has 0 aromatic carbocycles. The van der Waals surface area contributed by atoms with E-state index in [1.807, 2.05) is 13.8 Å². The number of carboxylic acid groups (broad SMARTS) is 1. The third-order valence-corrected chi connectivity index (χ3v) is 4.08. The van der Waals surface area contributed by atoms with Crippen LogP contribution in [-0.2, 0) is 4.79 Å². The van der Waals surface area contributed by atoms with Crippen LogP contribution in [0.1, 0.15) is 20.8 Å². The molecule has 0 bridgehead atoms. The molecule has 5 nitrogen and oxygen atoms in total. The summed E-state index contributed by atoms with van der Waals surface area (Å²) >= 11 is 2.82. The van der Waals surface area contributed by atoms with Crippen LogP contribution in [0.15, 0.2) is 9.85 Å². The molecule has 0 aliphatic rings. The van der Waals surface area contributed by atoms with Crippen LogP contribution >= 0.6 is 23.1 Å². The van der Waals surface area contributed by atoms with Crippen LogP contribution in [0, 0.1) is 0 Å². The third kappa shape index (κ3) is 3.73. The van der Waals surface area contributed by atoms with Gasteiger partial charge in [0, 0.05) is 11.8 Å². The molecule has 90 valence electrons. The molecule has 16 heavy (non-hydrogen) atoms. The first-order chi connectivity index (χ1) is 7.44. The Morgan fingerprint density at radius 3 is 2.88 bits per heavy atom. The highest BCUT2D eigenvalue weighted by molar-refractivity contribution is 8.01. The lowest BCUT2D eigenvalue weighted by Gasteiger charge is -2.27. The quantitative estimate of drug-likeness (QED) is 0.755. The molecule has 0 radical (unpaired) electrons. The lowest BCUT2D eigenvalue weighted by Crippen LogP contribution is -2.54. The van der Waals surface area contributed by atoms with Gasteiger partial charge in [-0.15, -0.1) is 10.2 Å². The minimum absolute atomic E-state index is 0.121. The number of carboxylic acids is 1. The van der Waals surface area contributed by atoms with E-state index in [0.29, 0.717) is 5.75 Å². The molecule has 0 aliphatic carbocycles. The van der Waals surface area contributed by atoms with Gasteiger partial charge < -0.3 is 5.11 Å². The topological polar surface area (TPSA) is 75.1 Å². The van der Waals surface area contributed by atoms with E-state index in [1.54, 1.807) is 12.4 Å². The number of nitrogens with one attached hydrogen (secondary N) is 1. The van der Waals surface area contributed by atoms with Crippen molar-refractivity contribution in [2.45, 2.75) is 36.7 Å². The first-order valence-corrected chi connectivity index (χ1v) is 6.70. The normalized spacial score (nSPS) is 15.0. The van der Waals surface area contributed by atoms with Crippen molar-refractivity contribution in [3.05, 3.63) is 5.51 Å². The zero-order chi connectivity index (χ0) is 12.2. The van der Waals surface area contributed by atoms with Gasteiger partial charge in [0.15, 0.2) is 4.34 Å². The molecule has 1 heterocycles. The van der Waals surface area contributed by atoms with Crippen LogP contribution in [0.25, 0.3) is 0 Å². The van der Waals surface area contributed by atoms with Crippen molar-refractivity contribution < 1.29 is 9.90 Å². The lowest BCUT2D eigenvalue weighted by molar-refractivity contribution is -0.143. The largest absolute Gasteiger partial charge is 0.480 e. The van der Waals surface area contributed by atoms with Crippen molar-refractivity contribution in [3.63, 3.8) is 0 Å². The Balaban J connectivity index is 2.61. The number of hydrogen-bond donors (Lipinski definition) is 2. The number of aliphatic carboxylic acids is 1. The van der Waals surface area contributed by atoms with E-state index in [0.717, 1.165) is 4.34 Å². The minimum Gasteiger partial charge on any atom is -0.480 e. The van der Waals surface area contributed by atoms with Gasteiger partial charge in [0.1, 0.15) is 11.0 Å². The van der Waals surface area contributed by atoms with E-state index < -0.39 is 11.5 Å². The predicted molar refractivity (Wildman–Crippen MR) is 64.9 cm³/mol. The Hall–Kier alpha value is -0.660. The predicted octanol–water partition coefficient (Wildman–Crippen LogP) is 1.47. The zero-order valence-electron chi connectivity index (χ0n) is 9.43. The van der Waals surface area contributed by atoms with E-state index in [4.69, 9.17) is 0 Å². The van der Waals surface area contributed by atoms with Crippen molar-refractivity contribution in [2.24, 2.45) is 0 Å². The molecule has 2 N–H and O–H groups in total. The van der Waals surface area contributed by atoms with Gasteiger partial charge in [-0.3, -0.25) is 10.1 Å². The summed E-state index contributed by atoms with van der Waals surface area (Å²) in [6.45, 7) is 5.54. The van der Waals surface area contributed by atoms with E-state index in [1.165, 1.54) is 23.1 Å². The number of nitrogens with zero attached hydrogens (tertiary/aromatic N) is 2. The molecule has 7 heteroatoms. The van der Waals surface area contributed by atoms with Crippen LogP contribution in [0.2, 0.25) is 0 Å². The molecule has 1 atom stereocenters. The molecular formula is C9H15N3O2S2. The monoisotopic (exact) mass is 261 g/mol. The van der Waals surface area contributed by atoms with Gasteiger partial charge in [-0.25, -0.2) is 0 Å². The maximum Gasteiger partial charge on any atom is 0.324 e. The molecule has 0 saturated heterocycles. The molecule has 0 amide bonds. The Morgan fingerprint density at radius 2 is 2.44 bits per heavy atom. The molecule has 0 spiro atoms. The van der Waals surface area contributed by atoms with Crippen molar-refractivity contribution in [1.29, 1.82) is 0 Å². The summed E-state index contributed by atoms with van der Waals surface area (Å²) in [6.07, 6.45) is 0. The highest BCUT2D eigenvalue weighted by Crippen LogP contribution is 2.24. The number of hydrogen-bond acceptors (Lipinski definition) is 6. The van der Waals surface area contributed by atoms with Crippen molar-refractivity contribution in [2.75, 3.05) is 5.75 Å². The lowest BCUT2D eigenvalue weighted by atomic mass is 10.1. The Bertz CT molecular complexity index is 343. The second-order valence-corrected chi connectivity index (χ2v) is 5.99. The van der Waals surface area contributed by atoms with Gasteiger partial charge in [-0.2, -0.15) is 0 Å². The van der Waals surface area contributed by atoms with E-state index in [9.17, 15) is 9.90 Å². The summed E-state index contributed by atoms with van der Waals surface area (Å²) in [5.74, 6) is -0.423. The molecular weight excluding hydrogens is 246 g/mol. The summed E-state index contributed by atoms with van der Waals surface area (Å²) in [7, 11) is 0. The molecule has 1 aromatic rings. The SMILES string of the molecule is CC(C)NC(C)(CSc1nncs1)C(=O)O. The maximum absolute atomic E-state index is 11.2. The van der Waals surface area contributed by atoms with E-state index in [2.05, 4.69) is 15.5 Å². The van der Waals surface area contributed by atoms with Gasteiger partial charge >= 0.3 is 5.97 Å². The standard InChI is InChI=1S/C9H15N3O2S2/c1-6(2)11-9(3,7(13)14)4-15-8-12-10-5-16-8/h5-6,11H,4H2,1-3H3,(H,13,14). The first-order valence-electron chi connectivity index (χ1n) is 4.84. The highest BCUT2D eigenvalue weighted by Gasteiger charge is 2.33. The van der Waals surface area contributed by atoms with Gasteiger partial charge in [0.2, 0.25) is 0 Å². The van der Waals surface area contributed by atoms with Crippen molar-refractivity contribution >= 4 is 29.1 Å². The van der Waals surface area contributed by atoms with Crippen molar-refractivity contribution in [1.82, 2.24) is 15.5 Å². The van der Waals surface area contributed by atoms with Gasteiger partial charge in [0.05, 0.1) is 0 Å². The van der Waals surface area contributed by atoms with Gasteiger partial charge in [0.25, 0.3) is 0 Å². The van der Waals surface area contributed by atoms with E-state index in [-0.39, 0.29) is 6.04 Å². The summed E-state index contributed by atoms with van der Waals surface area (Å²) in [6, 6.07) is 0.121. The number of carbonyl (C=O) groups is 1. The summed E-state index contributed by atoms with van der Waals surface area (Å²) in [5, 5.41) is 19.8. The van der Waals surface area contributed by atoms with Crippen LogP contribution in [-0.4, -0.2) is 38.6 Å². The second-order valence-electron chi connectivity index (χ2n) is 3.93. The summed E-state index contributed by atoms with van der Waals surface area (Å²) in [4.78, 5) is 11.2.